The first kappa shape index (κ1) is 18.2. The van der Waals surface area contributed by atoms with Crippen LogP contribution in [-0.2, 0) is 21.3 Å². The zero-order valence-electron chi connectivity index (χ0n) is 13.2. The predicted molar refractivity (Wildman–Crippen MR) is 81.5 cm³/mol. The number of hydrogen-bond donors (Lipinski definition) is 2. The molecule has 0 aliphatic heterocycles. The highest BCUT2D eigenvalue weighted by Crippen LogP contribution is 2.14. The minimum atomic E-state index is -3.63. The van der Waals surface area contributed by atoms with Gasteiger partial charge < -0.3 is 14.5 Å². The Hall–Kier alpha value is -0.890. The summed E-state index contributed by atoms with van der Waals surface area (Å²) in [6.45, 7) is 10.1. The second kappa shape index (κ2) is 8.53. The lowest BCUT2D eigenvalue weighted by atomic mass is 10.2. The molecular weight excluding hydrogens is 292 g/mol. The maximum atomic E-state index is 12.1. The van der Waals surface area contributed by atoms with E-state index >= 15 is 0 Å². The SMILES string of the molecule is CCOCC(C)NS(=O)(=O)c1ccc(CNCC(C)C)o1. The van der Waals surface area contributed by atoms with Crippen LogP contribution in [0.3, 0.4) is 0 Å². The highest BCUT2D eigenvalue weighted by atomic mass is 32.2. The average molecular weight is 318 g/mol. The smallest absolute Gasteiger partial charge is 0.274 e. The molecule has 1 unspecified atom stereocenters. The summed E-state index contributed by atoms with van der Waals surface area (Å²) in [5, 5.41) is 3.14. The second-order valence-electron chi connectivity index (χ2n) is 5.43. The van der Waals surface area contributed by atoms with Crippen molar-refractivity contribution >= 4 is 10.0 Å². The van der Waals surface area contributed by atoms with Gasteiger partial charge in [-0.2, -0.15) is 0 Å². The second-order valence-corrected chi connectivity index (χ2v) is 7.07. The number of furan rings is 1. The summed E-state index contributed by atoms with van der Waals surface area (Å²) in [6, 6.07) is 2.85. The molecule has 2 N–H and O–H groups in total. The largest absolute Gasteiger partial charge is 0.447 e. The van der Waals surface area contributed by atoms with E-state index in [0.717, 1.165) is 6.54 Å². The first-order valence-electron chi connectivity index (χ1n) is 7.24. The Bertz CT molecular complexity index is 511. The van der Waals surface area contributed by atoms with Gasteiger partial charge >= 0.3 is 0 Å². The molecule has 1 atom stereocenters. The van der Waals surface area contributed by atoms with Crippen LogP contribution in [0.1, 0.15) is 33.5 Å². The molecule has 1 heterocycles. The van der Waals surface area contributed by atoms with Crippen molar-refractivity contribution in [3.05, 3.63) is 17.9 Å². The predicted octanol–water partition coefficient (Wildman–Crippen LogP) is 1.73. The first-order chi connectivity index (χ1) is 9.85. The van der Waals surface area contributed by atoms with Crippen LogP contribution >= 0.6 is 0 Å². The lowest BCUT2D eigenvalue weighted by Crippen LogP contribution is -2.35. The van der Waals surface area contributed by atoms with Crippen LogP contribution in [0.2, 0.25) is 0 Å². The minimum Gasteiger partial charge on any atom is -0.447 e. The van der Waals surface area contributed by atoms with E-state index < -0.39 is 10.0 Å². The van der Waals surface area contributed by atoms with Gasteiger partial charge in [-0.15, -0.1) is 0 Å². The zero-order chi connectivity index (χ0) is 15.9. The quantitative estimate of drug-likeness (QED) is 0.687. The minimum absolute atomic E-state index is 0.0628. The number of sulfonamides is 1. The van der Waals surface area contributed by atoms with Crippen LogP contribution in [0.4, 0.5) is 0 Å². The van der Waals surface area contributed by atoms with Crippen LogP contribution in [0.5, 0.6) is 0 Å². The maximum absolute atomic E-state index is 12.1. The van der Waals surface area contributed by atoms with E-state index in [1.807, 2.05) is 6.92 Å². The Balaban J connectivity index is 2.57. The normalized spacial score (nSPS) is 13.8. The molecular formula is C14H26N2O4S. The van der Waals surface area contributed by atoms with Crippen molar-refractivity contribution in [2.75, 3.05) is 19.8 Å². The molecule has 21 heavy (non-hydrogen) atoms. The number of nitrogens with one attached hydrogen (secondary N) is 2. The fraction of sp³-hybridized carbons (Fsp3) is 0.714. The van der Waals surface area contributed by atoms with Gasteiger partial charge in [0, 0.05) is 12.6 Å². The molecule has 0 aromatic carbocycles. The molecule has 6 nitrogen and oxygen atoms in total. The molecule has 0 radical (unpaired) electrons. The third-order valence-corrected chi connectivity index (χ3v) is 4.14. The Morgan fingerprint density at radius 2 is 2.00 bits per heavy atom. The number of hydrogen-bond acceptors (Lipinski definition) is 5. The van der Waals surface area contributed by atoms with Gasteiger partial charge in [0.1, 0.15) is 5.76 Å². The molecule has 1 rings (SSSR count). The average Bonchev–Trinajstić information content (AvgIpc) is 2.85. The fourth-order valence-electron chi connectivity index (χ4n) is 1.73. The number of ether oxygens (including phenoxy) is 1. The van der Waals surface area contributed by atoms with Crippen molar-refractivity contribution in [1.82, 2.24) is 10.0 Å². The highest BCUT2D eigenvalue weighted by Gasteiger charge is 2.21. The van der Waals surface area contributed by atoms with E-state index in [9.17, 15) is 8.42 Å². The van der Waals surface area contributed by atoms with Crippen LogP contribution in [-0.4, -0.2) is 34.2 Å². The molecule has 0 spiro atoms. The van der Waals surface area contributed by atoms with Gasteiger partial charge in [-0.05, 0) is 38.4 Å². The zero-order valence-corrected chi connectivity index (χ0v) is 14.0. The third-order valence-electron chi connectivity index (χ3n) is 2.68. The maximum Gasteiger partial charge on any atom is 0.274 e. The van der Waals surface area contributed by atoms with E-state index in [0.29, 0.717) is 31.4 Å². The molecule has 7 heteroatoms. The molecule has 1 aromatic heterocycles. The fourth-order valence-corrected chi connectivity index (χ4v) is 2.91. The van der Waals surface area contributed by atoms with E-state index in [-0.39, 0.29) is 11.1 Å². The van der Waals surface area contributed by atoms with E-state index in [1.54, 1.807) is 13.0 Å². The highest BCUT2D eigenvalue weighted by molar-refractivity contribution is 7.89. The molecule has 0 saturated heterocycles. The van der Waals surface area contributed by atoms with Crippen molar-refractivity contribution < 1.29 is 17.6 Å². The summed E-state index contributed by atoms with van der Waals surface area (Å²) in [7, 11) is -3.63. The van der Waals surface area contributed by atoms with E-state index in [2.05, 4.69) is 23.9 Å². The van der Waals surface area contributed by atoms with Crippen LogP contribution < -0.4 is 10.0 Å². The molecule has 0 aliphatic rings. The molecule has 0 fully saturated rings. The third kappa shape index (κ3) is 6.60. The molecule has 0 bridgehead atoms. The van der Waals surface area contributed by atoms with Crippen LogP contribution in [0.25, 0.3) is 0 Å². The Morgan fingerprint density at radius 1 is 1.29 bits per heavy atom. The van der Waals surface area contributed by atoms with Gasteiger partial charge in [-0.25, -0.2) is 13.1 Å². The molecule has 0 aliphatic carbocycles. The van der Waals surface area contributed by atoms with E-state index in [1.165, 1.54) is 6.07 Å². The Kier molecular flexibility index (Phi) is 7.37. The van der Waals surface area contributed by atoms with Crippen molar-refractivity contribution in [2.24, 2.45) is 5.92 Å². The van der Waals surface area contributed by atoms with Gasteiger partial charge in [0.05, 0.1) is 13.2 Å². The number of rotatable bonds is 10. The summed E-state index contributed by atoms with van der Waals surface area (Å²) in [5.41, 5.74) is 0. The summed E-state index contributed by atoms with van der Waals surface area (Å²) in [4.78, 5) is 0. The van der Waals surface area contributed by atoms with Gasteiger partial charge in [0.25, 0.3) is 10.0 Å². The van der Waals surface area contributed by atoms with E-state index in [4.69, 9.17) is 9.15 Å². The van der Waals surface area contributed by atoms with Gasteiger partial charge in [0.15, 0.2) is 0 Å². The molecule has 0 amide bonds. The van der Waals surface area contributed by atoms with Crippen LogP contribution in [0, 0.1) is 5.92 Å². The topological polar surface area (TPSA) is 80.6 Å². The summed E-state index contributed by atoms with van der Waals surface area (Å²) in [5.74, 6) is 1.14. The lowest BCUT2D eigenvalue weighted by Gasteiger charge is -2.12. The van der Waals surface area contributed by atoms with Crippen molar-refractivity contribution in [1.29, 1.82) is 0 Å². The monoisotopic (exact) mass is 318 g/mol. The lowest BCUT2D eigenvalue weighted by molar-refractivity contribution is 0.133. The van der Waals surface area contributed by atoms with Crippen molar-refractivity contribution in [3.8, 4) is 0 Å². The molecule has 122 valence electrons. The molecule has 0 saturated carbocycles. The van der Waals surface area contributed by atoms with Gasteiger partial charge in [-0.1, -0.05) is 13.8 Å². The van der Waals surface area contributed by atoms with Gasteiger partial charge in [-0.3, -0.25) is 0 Å². The Morgan fingerprint density at radius 3 is 2.62 bits per heavy atom. The molecule has 1 aromatic rings. The standard InChI is InChI=1S/C14H26N2O4S/c1-5-19-10-12(4)16-21(17,18)14-7-6-13(20-14)9-15-8-11(2)3/h6-7,11-12,15-16H,5,8-10H2,1-4H3. The van der Waals surface area contributed by atoms with Crippen molar-refractivity contribution in [3.63, 3.8) is 0 Å². The van der Waals surface area contributed by atoms with Gasteiger partial charge in [0.2, 0.25) is 5.09 Å². The summed E-state index contributed by atoms with van der Waals surface area (Å²) >= 11 is 0. The summed E-state index contributed by atoms with van der Waals surface area (Å²) < 4.78 is 37.3. The Labute approximate surface area is 127 Å². The van der Waals surface area contributed by atoms with Crippen molar-refractivity contribution in [2.45, 2.75) is 45.4 Å². The summed E-state index contributed by atoms with van der Waals surface area (Å²) in [6.07, 6.45) is 0. The van der Waals surface area contributed by atoms with Crippen LogP contribution in [0.15, 0.2) is 21.6 Å². The first-order valence-corrected chi connectivity index (χ1v) is 8.73.